The number of nitrogens with zero attached hydrogens (tertiary/aromatic N) is 2. The number of aryl methyl sites for hydroxylation is 1. The number of morpholine rings is 1. The van der Waals surface area contributed by atoms with E-state index in [-0.39, 0.29) is 18.6 Å². The van der Waals surface area contributed by atoms with Crippen molar-refractivity contribution in [2.24, 2.45) is 0 Å². The summed E-state index contributed by atoms with van der Waals surface area (Å²) in [7, 11) is 0. The second kappa shape index (κ2) is 9.90. The van der Waals surface area contributed by atoms with Gasteiger partial charge in [-0.25, -0.2) is 0 Å². The molecule has 6 heteroatoms. The van der Waals surface area contributed by atoms with E-state index in [1.807, 2.05) is 36.1 Å². The van der Waals surface area contributed by atoms with Crippen LogP contribution in [0.25, 0.3) is 0 Å². The Hall–Kier alpha value is -1.63. The van der Waals surface area contributed by atoms with Crippen LogP contribution in [0, 0.1) is 6.92 Å². The van der Waals surface area contributed by atoms with Crippen LogP contribution in [-0.2, 0) is 14.3 Å². The molecule has 144 valence electrons. The molecule has 1 amide bonds. The van der Waals surface area contributed by atoms with Crippen molar-refractivity contribution in [1.29, 1.82) is 0 Å². The first-order valence-corrected chi connectivity index (χ1v) is 9.60. The number of carbonyl (C=O) groups is 1. The third-order valence-electron chi connectivity index (χ3n) is 5.16. The van der Waals surface area contributed by atoms with E-state index in [2.05, 4.69) is 4.90 Å². The maximum absolute atomic E-state index is 12.9. The molecule has 6 nitrogen and oxygen atoms in total. The standard InChI is InChI=1S/C20H30N2O4/c1-17-4-2-3-5-19(17)26-16-20(23)22(18-6-12-24-13-7-18)9-8-21-10-14-25-15-11-21/h2-5,18H,6-16H2,1H3. The summed E-state index contributed by atoms with van der Waals surface area (Å²) in [5.41, 5.74) is 1.05. The molecule has 3 rings (SSSR count). The van der Waals surface area contributed by atoms with Gasteiger partial charge in [0.15, 0.2) is 6.61 Å². The quantitative estimate of drug-likeness (QED) is 0.739. The number of amides is 1. The molecule has 2 aliphatic rings. The number of carbonyl (C=O) groups excluding carboxylic acids is 1. The molecular weight excluding hydrogens is 332 g/mol. The minimum absolute atomic E-state index is 0.0633. The number of para-hydroxylation sites is 1. The minimum Gasteiger partial charge on any atom is -0.484 e. The Balaban J connectivity index is 1.57. The molecule has 0 aliphatic carbocycles. The van der Waals surface area contributed by atoms with E-state index < -0.39 is 0 Å². The first kappa shape index (κ1) is 19.1. The fourth-order valence-corrected chi connectivity index (χ4v) is 3.52. The highest BCUT2D eigenvalue weighted by Crippen LogP contribution is 2.18. The van der Waals surface area contributed by atoms with Crippen molar-refractivity contribution in [2.75, 3.05) is 59.2 Å². The first-order valence-electron chi connectivity index (χ1n) is 9.60. The van der Waals surface area contributed by atoms with Crippen molar-refractivity contribution < 1.29 is 19.0 Å². The lowest BCUT2D eigenvalue weighted by Gasteiger charge is -2.36. The van der Waals surface area contributed by atoms with Crippen molar-refractivity contribution in [3.05, 3.63) is 29.8 Å². The van der Waals surface area contributed by atoms with Gasteiger partial charge in [0.1, 0.15) is 5.75 Å². The van der Waals surface area contributed by atoms with Crippen LogP contribution in [0.3, 0.4) is 0 Å². The van der Waals surface area contributed by atoms with Gasteiger partial charge in [-0.3, -0.25) is 9.69 Å². The molecule has 0 radical (unpaired) electrons. The molecule has 0 saturated carbocycles. The maximum atomic E-state index is 12.9. The Labute approximate surface area is 156 Å². The van der Waals surface area contributed by atoms with Crippen LogP contribution in [0.1, 0.15) is 18.4 Å². The third kappa shape index (κ3) is 5.43. The summed E-state index contributed by atoms with van der Waals surface area (Å²) in [5, 5.41) is 0. The molecule has 0 spiro atoms. The summed E-state index contributed by atoms with van der Waals surface area (Å²) in [4.78, 5) is 17.3. The van der Waals surface area contributed by atoms with E-state index in [1.54, 1.807) is 0 Å². The molecule has 2 aliphatic heterocycles. The summed E-state index contributed by atoms with van der Waals surface area (Å²) in [6.07, 6.45) is 1.80. The SMILES string of the molecule is Cc1ccccc1OCC(=O)N(CCN1CCOCC1)C1CCOCC1. The fraction of sp³-hybridized carbons (Fsp3) is 0.650. The zero-order chi connectivity index (χ0) is 18.2. The van der Waals surface area contributed by atoms with Gasteiger partial charge in [0.2, 0.25) is 0 Å². The van der Waals surface area contributed by atoms with Crippen LogP contribution in [0.4, 0.5) is 0 Å². The van der Waals surface area contributed by atoms with Crippen LogP contribution in [0.15, 0.2) is 24.3 Å². The summed E-state index contributed by atoms with van der Waals surface area (Å²) in [6.45, 7) is 8.60. The summed E-state index contributed by atoms with van der Waals surface area (Å²) >= 11 is 0. The molecule has 2 heterocycles. The predicted molar refractivity (Wildman–Crippen MR) is 99.5 cm³/mol. The third-order valence-corrected chi connectivity index (χ3v) is 5.16. The minimum atomic E-state index is 0.0633. The second-order valence-corrected chi connectivity index (χ2v) is 6.94. The van der Waals surface area contributed by atoms with Crippen LogP contribution in [0.5, 0.6) is 5.75 Å². The molecule has 0 bridgehead atoms. The Morgan fingerprint density at radius 1 is 1.15 bits per heavy atom. The van der Waals surface area contributed by atoms with Gasteiger partial charge < -0.3 is 19.1 Å². The number of rotatable bonds is 7. The average Bonchev–Trinajstić information content (AvgIpc) is 2.69. The molecule has 26 heavy (non-hydrogen) atoms. The molecule has 2 fully saturated rings. The van der Waals surface area contributed by atoms with Gasteiger partial charge in [0.25, 0.3) is 5.91 Å². The highest BCUT2D eigenvalue weighted by atomic mass is 16.5. The normalized spacial score (nSPS) is 19.3. The van der Waals surface area contributed by atoms with Crippen LogP contribution in [0.2, 0.25) is 0 Å². The topological polar surface area (TPSA) is 51.2 Å². The van der Waals surface area contributed by atoms with Gasteiger partial charge in [-0.15, -0.1) is 0 Å². The van der Waals surface area contributed by atoms with Crippen LogP contribution in [-0.4, -0.2) is 81.0 Å². The maximum Gasteiger partial charge on any atom is 0.260 e. The van der Waals surface area contributed by atoms with Gasteiger partial charge in [-0.2, -0.15) is 0 Å². The Morgan fingerprint density at radius 2 is 1.85 bits per heavy atom. The summed E-state index contributed by atoms with van der Waals surface area (Å²) < 4.78 is 16.7. The van der Waals surface area contributed by atoms with E-state index in [4.69, 9.17) is 14.2 Å². The highest BCUT2D eigenvalue weighted by Gasteiger charge is 2.26. The van der Waals surface area contributed by atoms with E-state index in [0.29, 0.717) is 0 Å². The predicted octanol–water partition coefficient (Wildman–Crippen LogP) is 1.71. The monoisotopic (exact) mass is 362 g/mol. The highest BCUT2D eigenvalue weighted by molar-refractivity contribution is 5.78. The molecule has 0 aromatic heterocycles. The van der Waals surface area contributed by atoms with Crippen LogP contribution >= 0.6 is 0 Å². The Kier molecular flexibility index (Phi) is 7.29. The summed E-state index contributed by atoms with van der Waals surface area (Å²) in [5.74, 6) is 0.842. The molecule has 0 atom stereocenters. The van der Waals surface area contributed by atoms with Crippen molar-refractivity contribution in [3.63, 3.8) is 0 Å². The van der Waals surface area contributed by atoms with Crippen molar-refractivity contribution >= 4 is 5.91 Å². The van der Waals surface area contributed by atoms with Gasteiger partial charge in [0, 0.05) is 45.4 Å². The van der Waals surface area contributed by atoms with E-state index >= 15 is 0 Å². The largest absolute Gasteiger partial charge is 0.484 e. The fourth-order valence-electron chi connectivity index (χ4n) is 3.52. The van der Waals surface area contributed by atoms with Gasteiger partial charge >= 0.3 is 0 Å². The van der Waals surface area contributed by atoms with Gasteiger partial charge in [-0.1, -0.05) is 18.2 Å². The number of benzene rings is 1. The Bertz CT molecular complexity index is 569. The molecule has 0 N–H and O–H groups in total. The number of ether oxygens (including phenoxy) is 3. The number of hydrogen-bond acceptors (Lipinski definition) is 5. The van der Waals surface area contributed by atoms with Crippen molar-refractivity contribution in [2.45, 2.75) is 25.8 Å². The lowest BCUT2D eigenvalue weighted by Crippen LogP contribution is -2.49. The smallest absolute Gasteiger partial charge is 0.260 e. The van der Waals surface area contributed by atoms with Gasteiger partial charge in [0.05, 0.1) is 13.2 Å². The summed E-state index contributed by atoms with van der Waals surface area (Å²) in [6, 6.07) is 8.06. The van der Waals surface area contributed by atoms with E-state index in [1.165, 1.54) is 0 Å². The molecule has 2 saturated heterocycles. The van der Waals surface area contributed by atoms with E-state index in [9.17, 15) is 4.79 Å². The Morgan fingerprint density at radius 3 is 2.58 bits per heavy atom. The zero-order valence-corrected chi connectivity index (χ0v) is 15.7. The van der Waals surface area contributed by atoms with Crippen LogP contribution < -0.4 is 4.74 Å². The molecule has 1 aromatic rings. The van der Waals surface area contributed by atoms with Crippen molar-refractivity contribution in [1.82, 2.24) is 9.80 Å². The van der Waals surface area contributed by atoms with Gasteiger partial charge in [-0.05, 0) is 31.4 Å². The lowest BCUT2D eigenvalue weighted by molar-refractivity contribution is -0.138. The zero-order valence-electron chi connectivity index (χ0n) is 15.7. The van der Waals surface area contributed by atoms with E-state index in [0.717, 1.165) is 76.8 Å². The number of hydrogen-bond donors (Lipinski definition) is 0. The second-order valence-electron chi connectivity index (χ2n) is 6.94. The molecular formula is C20H30N2O4. The van der Waals surface area contributed by atoms with Crippen molar-refractivity contribution in [3.8, 4) is 5.75 Å². The lowest BCUT2D eigenvalue weighted by atomic mass is 10.1. The molecule has 1 aromatic carbocycles. The first-order chi connectivity index (χ1) is 12.7. The molecule has 0 unspecified atom stereocenters. The average molecular weight is 362 g/mol.